The van der Waals surface area contributed by atoms with Gasteiger partial charge in [0.25, 0.3) is 0 Å². The van der Waals surface area contributed by atoms with Crippen LogP contribution in [0.4, 0.5) is 0 Å². The number of aromatic nitrogens is 4. The van der Waals surface area contributed by atoms with E-state index in [4.69, 9.17) is 0 Å². The van der Waals surface area contributed by atoms with Gasteiger partial charge in [-0.2, -0.15) is 0 Å². The van der Waals surface area contributed by atoms with E-state index >= 15 is 0 Å². The molecule has 6 nitrogen and oxygen atoms in total. The number of piperidine rings is 1. The maximum Gasteiger partial charge on any atom is 0.240 e. The minimum Gasteiger partial charge on any atom is -0.341 e. The highest BCUT2D eigenvalue weighted by molar-refractivity contribution is 8.00. The maximum atomic E-state index is 13.5. The second-order valence-corrected chi connectivity index (χ2v) is 9.02. The van der Waals surface area contributed by atoms with Crippen molar-refractivity contribution in [3.8, 4) is 11.4 Å². The Morgan fingerprint density at radius 3 is 2.50 bits per heavy atom. The summed E-state index contributed by atoms with van der Waals surface area (Å²) in [5.74, 6) is 1.02. The topological polar surface area (TPSA) is 63.9 Å². The normalized spacial score (nSPS) is 17.7. The molecule has 1 saturated heterocycles. The molecule has 1 saturated carbocycles. The summed E-state index contributed by atoms with van der Waals surface area (Å²) in [7, 11) is 0. The van der Waals surface area contributed by atoms with Crippen LogP contribution in [0, 0.1) is 0 Å². The van der Waals surface area contributed by atoms with Gasteiger partial charge in [-0.05, 0) is 49.8 Å². The Kier molecular flexibility index (Phi) is 5.53. The number of hydrogen-bond acceptors (Lipinski definition) is 5. The standard InChI is InChI=1S/C23H25N5OS/c29-22(27-14-5-2-6-15-27)20(17-8-3-1-4-9-17)30-23-26-25-21(28(23)19-11-12-19)18-10-7-13-24-16-18/h1,3-4,7-10,13,16,19-20H,2,5-6,11-12,14-15H2/t20-/m0/s1. The van der Waals surface area contributed by atoms with Gasteiger partial charge in [0.2, 0.25) is 5.91 Å². The quantitative estimate of drug-likeness (QED) is 0.550. The second kappa shape index (κ2) is 8.60. The molecule has 7 heteroatoms. The van der Waals surface area contributed by atoms with Crippen LogP contribution in [0.2, 0.25) is 0 Å². The first-order chi connectivity index (χ1) is 14.8. The van der Waals surface area contributed by atoms with Crippen molar-refractivity contribution in [2.24, 2.45) is 0 Å². The Bertz CT molecular complexity index is 997. The Hall–Kier alpha value is -2.67. The number of hydrogen-bond donors (Lipinski definition) is 0. The molecule has 1 atom stereocenters. The van der Waals surface area contributed by atoms with Crippen LogP contribution in [-0.2, 0) is 4.79 Å². The molecule has 3 heterocycles. The van der Waals surface area contributed by atoms with Gasteiger partial charge in [-0.25, -0.2) is 0 Å². The van der Waals surface area contributed by atoms with E-state index < -0.39 is 0 Å². The number of likely N-dealkylation sites (tertiary alicyclic amines) is 1. The molecule has 1 aliphatic carbocycles. The lowest BCUT2D eigenvalue weighted by Gasteiger charge is -2.30. The number of amides is 1. The van der Waals surface area contributed by atoms with E-state index in [1.54, 1.807) is 6.20 Å². The fourth-order valence-corrected chi connectivity index (χ4v) is 5.18. The Balaban J connectivity index is 1.49. The number of thioether (sulfide) groups is 1. The molecular formula is C23H25N5OS. The third-order valence-electron chi connectivity index (χ3n) is 5.71. The van der Waals surface area contributed by atoms with Crippen LogP contribution < -0.4 is 0 Å². The van der Waals surface area contributed by atoms with Crippen molar-refractivity contribution in [2.75, 3.05) is 13.1 Å². The zero-order chi connectivity index (χ0) is 20.3. The van der Waals surface area contributed by atoms with Gasteiger partial charge < -0.3 is 4.90 Å². The summed E-state index contributed by atoms with van der Waals surface area (Å²) >= 11 is 1.53. The summed E-state index contributed by atoms with van der Waals surface area (Å²) in [6, 6.07) is 14.4. The van der Waals surface area contributed by atoms with E-state index in [1.807, 2.05) is 53.6 Å². The van der Waals surface area contributed by atoms with Gasteiger partial charge in [-0.15, -0.1) is 10.2 Å². The van der Waals surface area contributed by atoms with Crippen LogP contribution in [0.15, 0.2) is 60.0 Å². The average molecular weight is 420 g/mol. The van der Waals surface area contributed by atoms with Gasteiger partial charge in [-0.3, -0.25) is 14.3 Å². The third-order valence-corrected chi connectivity index (χ3v) is 6.91. The predicted molar refractivity (Wildman–Crippen MR) is 117 cm³/mol. The molecule has 1 amide bonds. The van der Waals surface area contributed by atoms with Crippen molar-refractivity contribution in [1.29, 1.82) is 0 Å². The minimum atomic E-state index is -0.312. The molecule has 1 aliphatic heterocycles. The van der Waals surface area contributed by atoms with Crippen molar-refractivity contribution >= 4 is 17.7 Å². The maximum absolute atomic E-state index is 13.5. The van der Waals surface area contributed by atoms with Crippen LogP contribution in [0.25, 0.3) is 11.4 Å². The van der Waals surface area contributed by atoms with E-state index in [-0.39, 0.29) is 11.2 Å². The highest BCUT2D eigenvalue weighted by atomic mass is 32.2. The first-order valence-electron chi connectivity index (χ1n) is 10.7. The fraction of sp³-hybridized carbons (Fsp3) is 0.391. The van der Waals surface area contributed by atoms with E-state index in [0.29, 0.717) is 6.04 Å². The molecule has 2 aliphatic rings. The van der Waals surface area contributed by atoms with Crippen LogP contribution in [0.3, 0.4) is 0 Å². The van der Waals surface area contributed by atoms with Crippen molar-refractivity contribution in [1.82, 2.24) is 24.6 Å². The number of pyridine rings is 1. The molecule has 30 heavy (non-hydrogen) atoms. The summed E-state index contributed by atoms with van der Waals surface area (Å²) in [6.45, 7) is 1.69. The van der Waals surface area contributed by atoms with Crippen molar-refractivity contribution in [3.63, 3.8) is 0 Å². The molecule has 2 fully saturated rings. The highest BCUT2D eigenvalue weighted by Crippen LogP contribution is 2.44. The van der Waals surface area contributed by atoms with E-state index in [2.05, 4.69) is 19.7 Å². The molecule has 0 N–H and O–H groups in total. The summed E-state index contributed by atoms with van der Waals surface area (Å²) in [5, 5.41) is 9.52. The third kappa shape index (κ3) is 3.99. The molecule has 3 aromatic rings. The van der Waals surface area contributed by atoms with Crippen molar-refractivity contribution in [3.05, 3.63) is 60.4 Å². The molecule has 0 unspecified atom stereocenters. The Morgan fingerprint density at radius 2 is 1.80 bits per heavy atom. The number of benzene rings is 1. The molecule has 2 aromatic heterocycles. The second-order valence-electron chi connectivity index (χ2n) is 7.94. The number of nitrogens with zero attached hydrogens (tertiary/aromatic N) is 5. The van der Waals surface area contributed by atoms with Gasteiger partial charge in [-0.1, -0.05) is 42.1 Å². The Morgan fingerprint density at radius 1 is 1.00 bits per heavy atom. The lowest BCUT2D eigenvalue weighted by molar-refractivity contribution is -0.131. The smallest absolute Gasteiger partial charge is 0.240 e. The summed E-state index contributed by atoms with van der Waals surface area (Å²) in [6.07, 6.45) is 9.20. The number of carbonyl (C=O) groups is 1. The summed E-state index contributed by atoms with van der Waals surface area (Å²) in [5.41, 5.74) is 1.98. The minimum absolute atomic E-state index is 0.180. The zero-order valence-electron chi connectivity index (χ0n) is 16.9. The first-order valence-corrected chi connectivity index (χ1v) is 11.5. The van der Waals surface area contributed by atoms with E-state index in [0.717, 1.165) is 60.9 Å². The lowest BCUT2D eigenvalue weighted by atomic mass is 10.1. The zero-order valence-corrected chi connectivity index (χ0v) is 17.7. The molecule has 5 rings (SSSR count). The molecule has 0 radical (unpaired) electrons. The highest BCUT2D eigenvalue weighted by Gasteiger charge is 2.34. The van der Waals surface area contributed by atoms with Crippen molar-refractivity contribution < 1.29 is 4.79 Å². The van der Waals surface area contributed by atoms with Crippen LogP contribution in [0.1, 0.15) is 49.0 Å². The molecule has 1 aromatic carbocycles. The molecule has 0 spiro atoms. The summed E-state index contributed by atoms with van der Waals surface area (Å²) in [4.78, 5) is 19.8. The van der Waals surface area contributed by atoms with Crippen LogP contribution in [-0.4, -0.2) is 43.6 Å². The monoisotopic (exact) mass is 419 g/mol. The fourth-order valence-electron chi connectivity index (χ4n) is 3.99. The average Bonchev–Trinajstić information content (AvgIpc) is 3.58. The largest absolute Gasteiger partial charge is 0.341 e. The van der Waals surface area contributed by atoms with Crippen LogP contribution >= 0.6 is 11.8 Å². The van der Waals surface area contributed by atoms with Gasteiger partial charge in [0.05, 0.1) is 0 Å². The van der Waals surface area contributed by atoms with Gasteiger partial charge >= 0.3 is 0 Å². The SMILES string of the molecule is O=C([C@@H](Sc1nnc(-c2cccnc2)n1C1CC1)c1ccccc1)N1CCCCC1. The first kappa shape index (κ1) is 19.3. The molecule has 154 valence electrons. The Labute approximate surface area is 180 Å². The molecular weight excluding hydrogens is 394 g/mol. The van der Waals surface area contributed by atoms with Crippen molar-refractivity contribution in [2.45, 2.75) is 48.6 Å². The van der Waals surface area contributed by atoms with E-state index in [9.17, 15) is 4.79 Å². The predicted octanol–water partition coefficient (Wildman–Crippen LogP) is 4.52. The van der Waals surface area contributed by atoms with E-state index in [1.165, 1.54) is 18.2 Å². The van der Waals surface area contributed by atoms with Gasteiger partial charge in [0.15, 0.2) is 11.0 Å². The van der Waals surface area contributed by atoms with Gasteiger partial charge in [0, 0.05) is 37.1 Å². The number of carbonyl (C=O) groups excluding carboxylic acids is 1. The summed E-state index contributed by atoms with van der Waals surface area (Å²) < 4.78 is 2.21. The van der Waals surface area contributed by atoms with Gasteiger partial charge in [0.1, 0.15) is 5.25 Å². The van der Waals surface area contributed by atoms with Crippen LogP contribution in [0.5, 0.6) is 0 Å². The lowest BCUT2D eigenvalue weighted by Crippen LogP contribution is -2.38. The number of rotatable bonds is 6. The molecule has 0 bridgehead atoms.